The van der Waals surface area contributed by atoms with E-state index in [2.05, 4.69) is 27.0 Å². The monoisotopic (exact) mass is 392 g/mol. The second-order valence-corrected chi connectivity index (χ2v) is 6.79. The van der Waals surface area contributed by atoms with Crippen LogP contribution in [-0.2, 0) is 0 Å². The van der Waals surface area contributed by atoms with E-state index >= 15 is 0 Å². The molecule has 0 aliphatic heterocycles. The average Bonchev–Trinajstić information content (AvgIpc) is 3.11. The maximum atomic E-state index is 9.47. The van der Waals surface area contributed by atoms with E-state index in [0.717, 1.165) is 26.3 Å². The van der Waals surface area contributed by atoms with Crippen LogP contribution in [0.1, 0.15) is 10.6 Å². The standard InChI is InChI=1S/C20H13BrN2S/c21-18(11-15-7-3-1-4-8-15)12-17(13-22)20-23-19(14-24-20)16-9-5-2-6-10-16/h1-12,14H/b17-12-,18-11-. The summed E-state index contributed by atoms with van der Waals surface area (Å²) in [7, 11) is 0. The number of benzene rings is 2. The molecule has 0 saturated heterocycles. The van der Waals surface area contributed by atoms with E-state index in [9.17, 15) is 5.26 Å². The smallest absolute Gasteiger partial charge is 0.134 e. The molecule has 0 fully saturated rings. The fourth-order valence-corrected chi connectivity index (χ4v) is 3.46. The molecule has 0 amide bonds. The molecule has 0 atom stereocenters. The van der Waals surface area contributed by atoms with Gasteiger partial charge in [0.15, 0.2) is 0 Å². The van der Waals surface area contributed by atoms with Gasteiger partial charge in [0.2, 0.25) is 0 Å². The minimum atomic E-state index is 0.543. The zero-order chi connectivity index (χ0) is 16.8. The van der Waals surface area contributed by atoms with Crippen molar-refractivity contribution in [1.29, 1.82) is 5.26 Å². The Bertz CT molecular complexity index is 919. The third-order valence-corrected chi connectivity index (χ3v) is 4.64. The largest absolute Gasteiger partial charge is 0.235 e. The molecule has 0 N–H and O–H groups in total. The van der Waals surface area contributed by atoms with Crippen LogP contribution >= 0.6 is 27.3 Å². The van der Waals surface area contributed by atoms with Crippen molar-refractivity contribution in [2.75, 3.05) is 0 Å². The fourth-order valence-electron chi connectivity index (χ4n) is 2.17. The molecule has 0 spiro atoms. The molecule has 116 valence electrons. The SMILES string of the molecule is N#C/C(=C/C(Br)=C/c1ccccc1)c1nc(-c2ccccc2)cs1. The lowest BCUT2D eigenvalue weighted by molar-refractivity contribution is 1.37. The summed E-state index contributed by atoms with van der Waals surface area (Å²) in [5, 5.41) is 12.2. The highest BCUT2D eigenvalue weighted by Gasteiger charge is 2.09. The van der Waals surface area contributed by atoms with Crippen molar-refractivity contribution >= 4 is 38.9 Å². The number of rotatable bonds is 4. The molecule has 1 heterocycles. The summed E-state index contributed by atoms with van der Waals surface area (Å²) in [6.07, 6.45) is 3.78. The first-order valence-electron chi connectivity index (χ1n) is 7.31. The second-order valence-electron chi connectivity index (χ2n) is 5.01. The van der Waals surface area contributed by atoms with E-state index in [1.165, 1.54) is 11.3 Å². The summed E-state index contributed by atoms with van der Waals surface area (Å²) >= 11 is 4.99. The minimum absolute atomic E-state index is 0.543. The Labute approximate surface area is 153 Å². The van der Waals surface area contributed by atoms with Gasteiger partial charge in [0.05, 0.1) is 11.3 Å². The number of thiazole rings is 1. The number of nitrogens with zero attached hydrogens (tertiary/aromatic N) is 2. The molecule has 24 heavy (non-hydrogen) atoms. The quantitative estimate of drug-likeness (QED) is 0.394. The Kier molecular flexibility index (Phi) is 5.37. The van der Waals surface area contributed by atoms with Gasteiger partial charge in [-0.15, -0.1) is 11.3 Å². The van der Waals surface area contributed by atoms with Crippen LogP contribution in [0.5, 0.6) is 0 Å². The average molecular weight is 393 g/mol. The first-order valence-corrected chi connectivity index (χ1v) is 8.99. The van der Waals surface area contributed by atoms with Crippen molar-refractivity contribution in [2.45, 2.75) is 0 Å². The van der Waals surface area contributed by atoms with E-state index in [1.807, 2.05) is 72.1 Å². The summed E-state index contributed by atoms with van der Waals surface area (Å²) < 4.78 is 0.835. The molecular formula is C20H13BrN2S. The first-order chi connectivity index (χ1) is 11.8. The lowest BCUT2D eigenvalue weighted by atomic mass is 10.2. The molecule has 3 rings (SSSR count). The summed E-state index contributed by atoms with van der Waals surface area (Å²) in [4.78, 5) is 4.59. The van der Waals surface area contributed by atoms with Gasteiger partial charge in [-0.3, -0.25) is 0 Å². The van der Waals surface area contributed by atoms with Crippen molar-refractivity contribution in [3.8, 4) is 17.3 Å². The summed E-state index contributed by atoms with van der Waals surface area (Å²) in [6.45, 7) is 0. The molecule has 0 bridgehead atoms. The topological polar surface area (TPSA) is 36.7 Å². The Morgan fingerprint density at radius 3 is 2.38 bits per heavy atom. The maximum absolute atomic E-state index is 9.47. The zero-order valence-corrected chi connectivity index (χ0v) is 15.1. The molecule has 0 saturated carbocycles. The van der Waals surface area contributed by atoms with Crippen LogP contribution in [0, 0.1) is 11.3 Å². The fraction of sp³-hybridized carbons (Fsp3) is 0. The van der Waals surface area contributed by atoms with Gasteiger partial charge in [-0.25, -0.2) is 4.98 Å². The second kappa shape index (κ2) is 7.87. The van der Waals surface area contributed by atoms with Crippen LogP contribution in [0.4, 0.5) is 0 Å². The van der Waals surface area contributed by atoms with Crippen molar-refractivity contribution in [1.82, 2.24) is 4.98 Å². The van der Waals surface area contributed by atoms with E-state index in [1.54, 1.807) is 6.08 Å². The molecule has 2 nitrogen and oxygen atoms in total. The number of hydrogen-bond donors (Lipinski definition) is 0. The third kappa shape index (κ3) is 4.08. The van der Waals surface area contributed by atoms with Crippen LogP contribution in [0.3, 0.4) is 0 Å². The maximum Gasteiger partial charge on any atom is 0.134 e. The van der Waals surface area contributed by atoms with Crippen molar-refractivity contribution < 1.29 is 0 Å². The number of nitriles is 1. The van der Waals surface area contributed by atoms with Gasteiger partial charge in [-0.05, 0) is 17.7 Å². The molecule has 0 unspecified atom stereocenters. The Hall–Kier alpha value is -2.48. The van der Waals surface area contributed by atoms with Crippen molar-refractivity contribution in [2.24, 2.45) is 0 Å². The van der Waals surface area contributed by atoms with Gasteiger partial charge in [0.25, 0.3) is 0 Å². The summed E-state index contributed by atoms with van der Waals surface area (Å²) in [5.41, 5.74) is 3.55. The van der Waals surface area contributed by atoms with Crippen molar-refractivity contribution in [3.05, 3.63) is 87.2 Å². The Morgan fingerprint density at radius 2 is 1.71 bits per heavy atom. The molecule has 3 aromatic rings. The van der Waals surface area contributed by atoms with E-state index < -0.39 is 0 Å². The third-order valence-electron chi connectivity index (χ3n) is 3.31. The van der Waals surface area contributed by atoms with Gasteiger partial charge in [-0.2, -0.15) is 5.26 Å². The summed E-state index contributed by atoms with van der Waals surface area (Å²) in [6, 6.07) is 22.2. The van der Waals surface area contributed by atoms with Gasteiger partial charge in [0, 0.05) is 15.4 Å². The normalized spacial score (nSPS) is 12.0. The molecule has 0 aliphatic rings. The van der Waals surface area contributed by atoms with Crippen molar-refractivity contribution in [3.63, 3.8) is 0 Å². The van der Waals surface area contributed by atoms with E-state index in [-0.39, 0.29) is 0 Å². The molecule has 0 radical (unpaired) electrons. The summed E-state index contributed by atoms with van der Waals surface area (Å²) in [5.74, 6) is 0. The highest BCUT2D eigenvalue weighted by molar-refractivity contribution is 9.12. The van der Waals surface area contributed by atoms with Crippen LogP contribution < -0.4 is 0 Å². The van der Waals surface area contributed by atoms with Crippen LogP contribution in [0.25, 0.3) is 22.9 Å². The predicted molar refractivity (Wildman–Crippen MR) is 104 cm³/mol. The number of aromatic nitrogens is 1. The van der Waals surface area contributed by atoms with Gasteiger partial charge >= 0.3 is 0 Å². The Balaban J connectivity index is 1.88. The van der Waals surface area contributed by atoms with E-state index in [0.29, 0.717) is 5.57 Å². The number of allylic oxidation sites excluding steroid dienone is 3. The van der Waals surface area contributed by atoms with Crippen LogP contribution in [-0.4, -0.2) is 4.98 Å². The predicted octanol–water partition coefficient (Wildman–Crippen LogP) is 6.15. The molecule has 1 aromatic heterocycles. The van der Waals surface area contributed by atoms with E-state index in [4.69, 9.17) is 0 Å². The van der Waals surface area contributed by atoms with Gasteiger partial charge < -0.3 is 0 Å². The highest BCUT2D eigenvalue weighted by Crippen LogP contribution is 2.27. The van der Waals surface area contributed by atoms with Gasteiger partial charge in [0.1, 0.15) is 11.1 Å². The molecular weight excluding hydrogens is 380 g/mol. The van der Waals surface area contributed by atoms with Crippen LogP contribution in [0.15, 0.2) is 76.6 Å². The molecule has 0 aliphatic carbocycles. The molecule has 4 heteroatoms. The number of halogens is 1. The highest BCUT2D eigenvalue weighted by atomic mass is 79.9. The number of hydrogen-bond acceptors (Lipinski definition) is 3. The Morgan fingerprint density at radius 1 is 1.04 bits per heavy atom. The lowest BCUT2D eigenvalue weighted by Crippen LogP contribution is -1.82. The van der Waals surface area contributed by atoms with Gasteiger partial charge in [-0.1, -0.05) is 76.6 Å². The zero-order valence-electron chi connectivity index (χ0n) is 12.7. The minimum Gasteiger partial charge on any atom is -0.235 e. The molecule has 2 aromatic carbocycles. The first kappa shape index (κ1) is 16.4. The lowest BCUT2D eigenvalue weighted by Gasteiger charge is -1.96. The van der Waals surface area contributed by atoms with Crippen LogP contribution in [0.2, 0.25) is 0 Å².